The summed E-state index contributed by atoms with van der Waals surface area (Å²) in [5.41, 5.74) is 3.03. The van der Waals surface area contributed by atoms with Gasteiger partial charge in [-0.25, -0.2) is 10.4 Å². The highest BCUT2D eigenvalue weighted by molar-refractivity contribution is 9.11. The van der Waals surface area contributed by atoms with Crippen LogP contribution < -0.4 is 5.43 Å². The highest BCUT2D eigenvalue weighted by atomic mass is 79.9. The lowest BCUT2D eigenvalue weighted by Crippen LogP contribution is -2.17. The number of hydrogen-bond donors (Lipinski definition) is 1. The molecule has 0 spiro atoms. The van der Waals surface area contributed by atoms with E-state index in [2.05, 4.69) is 31.4 Å². The summed E-state index contributed by atoms with van der Waals surface area (Å²) in [7, 11) is 0. The second-order valence-corrected chi connectivity index (χ2v) is 5.42. The summed E-state index contributed by atoms with van der Waals surface area (Å²) in [4.78, 5) is 16.5. The number of nitrogens with one attached hydrogen (secondary N) is 1. The van der Waals surface area contributed by atoms with Crippen molar-refractivity contribution in [3.8, 4) is 0 Å². The zero-order chi connectivity index (χ0) is 12.1. The molecule has 1 N–H and O–H groups in total. The van der Waals surface area contributed by atoms with Gasteiger partial charge in [-0.2, -0.15) is 5.10 Å². The minimum Gasteiger partial charge on any atom is -0.267 e. The van der Waals surface area contributed by atoms with Gasteiger partial charge < -0.3 is 0 Å². The number of carbonyl (C=O) groups is 1. The van der Waals surface area contributed by atoms with Crippen molar-refractivity contribution in [3.63, 3.8) is 0 Å². The first-order chi connectivity index (χ1) is 8.25. The molecule has 0 saturated carbocycles. The second-order valence-electron chi connectivity index (χ2n) is 3.08. The van der Waals surface area contributed by atoms with Crippen LogP contribution in [0, 0.1) is 0 Å². The van der Waals surface area contributed by atoms with E-state index in [9.17, 15) is 4.79 Å². The van der Waals surface area contributed by atoms with Crippen molar-refractivity contribution < 1.29 is 4.79 Å². The third-order valence-corrected chi connectivity index (χ3v) is 3.30. The molecular formula is C11H8BrN3OS. The molecule has 0 bridgehead atoms. The Morgan fingerprint density at radius 1 is 1.41 bits per heavy atom. The summed E-state index contributed by atoms with van der Waals surface area (Å²) in [5.74, 6) is -0.231. The topological polar surface area (TPSA) is 54.4 Å². The molecule has 0 aliphatic heterocycles. The fourth-order valence-electron chi connectivity index (χ4n) is 1.13. The van der Waals surface area contributed by atoms with Crippen molar-refractivity contribution in [2.75, 3.05) is 0 Å². The largest absolute Gasteiger partial charge is 0.271 e. The van der Waals surface area contributed by atoms with E-state index in [1.54, 1.807) is 36.7 Å². The maximum absolute atomic E-state index is 11.6. The molecule has 0 atom stereocenters. The molecule has 0 saturated heterocycles. The van der Waals surface area contributed by atoms with Crippen molar-refractivity contribution in [1.29, 1.82) is 0 Å². The fraction of sp³-hybridized carbons (Fsp3) is 0. The number of thiazole rings is 1. The van der Waals surface area contributed by atoms with Crippen LogP contribution in [-0.2, 0) is 0 Å². The van der Waals surface area contributed by atoms with Gasteiger partial charge in [-0.3, -0.25) is 4.79 Å². The fourth-order valence-corrected chi connectivity index (χ4v) is 2.31. The molecule has 1 aromatic heterocycles. The van der Waals surface area contributed by atoms with Gasteiger partial charge in [0.25, 0.3) is 5.91 Å². The van der Waals surface area contributed by atoms with Crippen LogP contribution in [0.4, 0.5) is 0 Å². The van der Waals surface area contributed by atoms with Crippen molar-refractivity contribution in [2.24, 2.45) is 5.10 Å². The molecule has 0 unspecified atom stereocenters. The van der Waals surface area contributed by atoms with E-state index >= 15 is 0 Å². The van der Waals surface area contributed by atoms with Crippen molar-refractivity contribution >= 4 is 39.4 Å². The Morgan fingerprint density at radius 2 is 2.18 bits per heavy atom. The summed E-state index contributed by atoms with van der Waals surface area (Å²) in [6.07, 6.45) is 3.23. The molecule has 0 aliphatic rings. The molecule has 2 aromatic rings. The van der Waals surface area contributed by atoms with Crippen LogP contribution >= 0.6 is 27.3 Å². The number of rotatable bonds is 3. The molecular weight excluding hydrogens is 302 g/mol. The normalized spacial score (nSPS) is 10.6. The Kier molecular flexibility index (Phi) is 4.00. The highest BCUT2D eigenvalue weighted by Crippen LogP contribution is 2.16. The average molecular weight is 310 g/mol. The molecule has 2 rings (SSSR count). The number of carbonyl (C=O) groups excluding carboxylic acids is 1. The van der Waals surface area contributed by atoms with Crippen LogP contribution in [-0.4, -0.2) is 17.1 Å². The maximum atomic E-state index is 11.6. The van der Waals surface area contributed by atoms with Gasteiger partial charge in [-0.15, -0.1) is 11.3 Å². The van der Waals surface area contributed by atoms with E-state index < -0.39 is 0 Å². The Balaban J connectivity index is 1.95. The zero-order valence-electron chi connectivity index (χ0n) is 8.63. The molecule has 86 valence electrons. The second kappa shape index (κ2) is 5.70. The summed E-state index contributed by atoms with van der Waals surface area (Å²) < 4.78 is 0.785. The van der Waals surface area contributed by atoms with E-state index in [1.165, 1.54) is 11.3 Å². The lowest BCUT2D eigenvalue weighted by Gasteiger charge is -1.97. The Hall–Kier alpha value is -1.53. The molecule has 1 amide bonds. The lowest BCUT2D eigenvalue weighted by molar-refractivity contribution is 0.0955. The highest BCUT2D eigenvalue weighted by Gasteiger charge is 2.01. The first-order valence-corrected chi connectivity index (χ1v) is 6.36. The smallest absolute Gasteiger partial charge is 0.267 e. The molecule has 6 heteroatoms. The predicted octanol–water partition coefficient (Wildman–Crippen LogP) is 2.67. The average Bonchev–Trinajstić information content (AvgIpc) is 2.76. The quantitative estimate of drug-likeness (QED) is 0.700. The molecule has 1 heterocycles. The van der Waals surface area contributed by atoms with Gasteiger partial charge in [0.1, 0.15) is 0 Å². The Bertz CT molecular complexity index is 539. The van der Waals surface area contributed by atoms with Crippen LogP contribution in [0.2, 0.25) is 0 Å². The van der Waals surface area contributed by atoms with Crippen LogP contribution in [0.3, 0.4) is 0 Å². The zero-order valence-corrected chi connectivity index (χ0v) is 11.0. The first-order valence-electron chi connectivity index (χ1n) is 4.75. The number of benzene rings is 1. The van der Waals surface area contributed by atoms with Crippen molar-refractivity contribution in [3.05, 3.63) is 50.9 Å². The SMILES string of the molecule is O=C(NN=Cc1cnc(Br)s1)c1ccccc1. The van der Waals surface area contributed by atoms with Gasteiger partial charge in [0.15, 0.2) is 3.92 Å². The van der Waals surface area contributed by atoms with Gasteiger partial charge in [0, 0.05) is 11.8 Å². The molecule has 1 aromatic carbocycles. The van der Waals surface area contributed by atoms with Gasteiger partial charge in [-0.1, -0.05) is 18.2 Å². The summed E-state index contributed by atoms with van der Waals surface area (Å²) in [6.45, 7) is 0. The van der Waals surface area contributed by atoms with Gasteiger partial charge in [0.2, 0.25) is 0 Å². The first kappa shape index (κ1) is 11.9. The molecule has 0 radical (unpaired) electrons. The van der Waals surface area contributed by atoms with Crippen molar-refractivity contribution in [1.82, 2.24) is 10.4 Å². The molecule has 0 aliphatic carbocycles. The number of amides is 1. The molecule has 17 heavy (non-hydrogen) atoms. The molecule has 0 fully saturated rings. The van der Waals surface area contributed by atoms with E-state index in [1.807, 2.05) is 6.07 Å². The number of hydrogen-bond acceptors (Lipinski definition) is 4. The monoisotopic (exact) mass is 309 g/mol. The minimum absolute atomic E-state index is 0.231. The van der Waals surface area contributed by atoms with E-state index in [0.717, 1.165) is 8.79 Å². The number of aromatic nitrogens is 1. The van der Waals surface area contributed by atoms with Gasteiger partial charge in [0.05, 0.1) is 11.1 Å². The van der Waals surface area contributed by atoms with E-state index in [-0.39, 0.29) is 5.91 Å². The summed E-state index contributed by atoms with van der Waals surface area (Å²) in [6, 6.07) is 8.93. The van der Waals surface area contributed by atoms with E-state index in [4.69, 9.17) is 0 Å². The summed E-state index contributed by atoms with van der Waals surface area (Å²) >= 11 is 4.69. The van der Waals surface area contributed by atoms with Crippen molar-refractivity contribution in [2.45, 2.75) is 0 Å². The lowest BCUT2D eigenvalue weighted by atomic mass is 10.2. The molecule has 4 nitrogen and oxygen atoms in total. The standard InChI is InChI=1S/C11H8BrN3OS/c12-11-13-6-9(17-11)7-14-15-10(16)8-4-2-1-3-5-8/h1-7H,(H,15,16). The maximum Gasteiger partial charge on any atom is 0.271 e. The number of hydrazone groups is 1. The third kappa shape index (κ3) is 3.47. The Labute approximate surface area is 111 Å². The van der Waals surface area contributed by atoms with Crippen LogP contribution in [0.25, 0.3) is 0 Å². The van der Waals surface area contributed by atoms with Gasteiger partial charge >= 0.3 is 0 Å². The van der Waals surface area contributed by atoms with Crippen LogP contribution in [0.15, 0.2) is 45.5 Å². The van der Waals surface area contributed by atoms with Crippen LogP contribution in [0.5, 0.6) is 0 Å². The predicted molar refractivity (Wildman–Crippen MR) is 71.3 cm³/mol. The minimum atomic E-state index is -0.231. The number of nitrogens with zero attached hydrogens (tertiary/aromatic N) is 2. The van der Waals surface area contributed by atoms with E-state index in [0.29, 0.717) is 5.56 Å². The third-order valence-electron chi connectivity index (χ3n) is 1.89. The van der Waals surface area contributed by atoms with Crippen LogP contribution in [0.1, 0.15) is 15.2 Å². The Morgan fingerprint density at radius 3 is 2.82 bits per heavy atom. The summed E-state index contributed by atoms with van der Waals surface area (Å²) in [5, 5.41) is 3.86. The number of halogens is 1. The van der Waals surface area contributed by atoms with Gasteiger partial charge in [-0.05, 0) is 28.1 Å².